The minimum atomic E-state index is 0.280. The van der Waals surface area contributed by atoms with E-state index in [1.54, 1.807) is 6.07 Å². The smallest absolute Gasteiger partial charge is 0.111 e. The van der Waals surface area contributed by atoms with Crippen LogP contribution in [0.4, 0.5) is 0 Å². The van der Waals surface area contributed by atoms with Crippen molar-refractivity contribution in [2.45, 2.75) is 19.4 Å². The number of rotatable bonds is 5. The van der Waals surface area contributed by atoms with Crippen molar-refractivity contribution in [3.8, 4) is 6.07 Å². The number of nitrogens with zero attached hydrogens (tertiary/aromatic N) is 4. The van der Waals surface area contributed by atoms with Crippen LogP contribution in [0.5, 0.6) is 0 Å². The van der Waals surface area contributed by atoms with E-state index in [9.17, 15) is 0 Å². The van der Waals surface area contributed by atoms with Gasteiger partial charge in [0.05, 0.1) is 22.7 Å². The highest BCUT2D eigenvalue weighted by atomic mass is 35.5. The minimum Gasteiger partial charge on any atom is -0.324 e. The summed E-state index contributed by atoms with van der Waals surface area (Å²) < 4.78 is 2.21. The zero-order valence-electron chi connectivity index (χ0n) is 12.1. The average molecular weight is 291 g/mol. The van der Waals surface area contributed by atoms with Crippen molar-refractivity contribution in [3.63, 3.8) is 0 Å². The Hall–Kier alpha value is -1.57. The third kappa shape index (κ3) is 2.95. The number of fused-ring (bicyclic) bond motifs is 1. The van der Waals surface area contributed by atoms with Gasteiger partial charge in [-0.05, 0) is 39.2 Å². The number of benzene rings is 1. The summed E-state index contributed by atoms with van der Waals surface area (Å²) in [6, 6.07) is 8.09. The van der Waals surface area contributed by atoms with E-state index in [2.05, 4.69) is 41.5 Å². The van der Waals surface area contributed by atoms with Crippen LogP contribution in [-0.2, 0) is 6.42 Å². The molecule has 1 aromatic heterocycles. The van der Waals surface area contributed by atoms with E-state index in [4.69, 9.17) is 16.9 Å². The molecule has 0 aliphatic heterocycles. The average Bonchev–Trinajstić information content (AvgIpc) is 2.75. The molecule has 1 heterocycles. The van der Waals surface area contributed by atoms with Crippen LogP contribution >= 0.6 is 11.6 Å². The largest absolute Gasteiger partial charge is 0.324 e. The fourth-order valence-corrected chi connectivity index (χ4v) is 2.74. The Morgan fingerprint density at radius 3 is 2.80 bits per heavy atom. The number of nitriles is 1. The number of hydrogen-bond donors (Lipinski definition) is 0. The summed E-state index contributed by atoms with van der Waals surface area (Å²) in [5, 5.41) is 9.07. The predicted molar refractivity (Wildman–Crippen MR) is 82.1 cm³/mol. The topological polar surface area (TPSA) is 44.9 Å². The van der Waals surface area contributed by atoms with Gasteiger partial charge in [-0.15, -0.1) is 11.6 Å². The second-order valence-electron chi connectivity index (χ2n) is 5.26. The molecule has 4 nitrogen and oxygen atoms in total. The predicted octanol–water partition coefficient (Wildman–Crippen LogP) is 2.81. The normalized spacial score (nSPS) is 12.8. The summed E-state index contributed by atoms with van der Waals surface area (Å²) in [7, 11) is 4.11. The van der Waals surface area contributed by atoms with E-state index in [0.29, 0.717) is 11.4 Å². The third-order valence-electron chi connectivity index (χ3n) is 3.28. The van der Waals surface area contributed by atoms with Crippen molar-refractivity contribution < 1.29 is 0 Å². The highest BCUT2D eigenvalue weighted by Gasteiger charge is 2.16. The van der Waals surface area contributed by atoms with Gasteiger partial charge in [-0.3, -0.25) is 0 Å². The molecule has 0 amide bonds. The van der Waals surface area contributed by atoms with Gasteiger partial charge in [0.15, 0.2) is 0 Å². The first-order valence-electron chi connectivity index (χ1n) is 6.68. The molecule has 1 aromatic carbocycles. The lowest BCUT2D eigenvalue weighted by Crippen LogP contribution is -2.23. The summed E-state index contributed by atoms with van der Waals surface area (Å²) >= 11 is 5.89. The van der Waals surface area contributed by atoms with Gasteiger partial charge in [0, 0.05) is 24.9 Å². The lowest BCUT2D eigenvalue weighted by atomic mass is 10.2. The van der Waals surface area contributed by atoms with Gasteiger partial charge in [-0.25, -0.2) is 4.98 Å². The number of aromatic nitrogens is 2. The Morgan fingerprint density at radius 1 is 1.45 bits per heavy atom. The van der Waals surface area contributed by atoms with Gasteiger partial charge < -0.3 is 9.47 Å². The monoisotopic (exact) mass is 290 g/mol. The maximum atomic E-state index is 9.07. The first kappa shape index (κ1) is 14.8. The SMILES string of the molecule is CC(CN(C)C)n1c(CCCl)nc2ccc(C#N)cc21. The van der Waals surface area contributed by atoms with Crippen molar-refractivity contribution in [1.29, 1.82) is 5.26 Å². The lowest BCUT2D eigenvalue weighted by Gasteiger charge is -2.21. The summed E-state index contributed by atoms with van der Waals surface area (Å²) in [6.45, 7) is 3.08. The van der Waals surface area contributed by atoms with Crippen molar-refractivity contribution in [2.75, 3.05) is 26.5 Å². The molecular weight excluding hydrogens is 272 g/mol. The molecule has 5 heteroatoms. The van der Waals surface area contributed by atoms with E-state index in [0.717, 1.165) is 29.8 Å². The molecule has 20 heavy (non-hydrogen) atoms. The molecule has 106 valence electrons. The van der Waals surface area contributed by atoms with Crippen molar-refractivity contribution >= 4 is 22.6 Å². The number of halogens is 1. The van der Waals surface area contributed by atoms with Crippen molar-refractivity contribution in [2.24, 2.45) is 0 Å². The third-order valence-corrected chi connectivity index (χ3v) is 3.47. The molecule has 0 spiro atoms. The van der Waals surface area contributed by atoms with E-state index < -0.39 is 0 Å². The van der Waals surface area contributed by atoms with Crippen LogP contribution in [0.3, 0.4) is 0 Å². The number of hydrogen-bond acceptors (Lipinski definition) is 3. The molecule has 0 saturated heterocycles. The Labute approximate surface area is 124 Å². The molecule has 0 fully saturated rings. The van der Waals surface area contributed by atoms with Gasteiger partial charge in [0.2, 0.25) is 0 Å². The second kappa shape index (κ2) is 6.25. The van der Waals surface area contributed by atoms with Crippen LogP contribution in [0, 0.1) is 11.3 Å². The number of likely N-dealkylation sites (N-methyl/N-ethyl adjacent to an activating group) is 1. The number of aryl methyl sites for hydroxylation is 1. The molecule has 1 unspecified atom stereocenters. The molecule has 0 N–H and O–H groups in total. The first-order chi connectivity index (χ1) is 9.56. The van der Waals surface area contributed by atoms with Gasteiger partial charge >= 0.3 is 0 Å². The van der Waals surface area contributed by atoms with Crippen LogP contribution in [0.15, 0.2) is 18.2 Å². The molecule has 2 rings (SSSR count). The number of imidazole rings is 1. The summed E-state index contributed by atoms with van der Waals surface area (Å²) in [6.07, 6.45) is 0.732. The molecular formula is C15H19ClN4. The van der Waals surface area contributed by atoms with E-state index >= 15 is 0 Å². The van der Waals surface area contributed by atoms with Gasteiger partial charge in [0.25, 0.3) is 0 Å². The number of alkyl halides is 1. The highest BCUT2D eigenvalue weighted by Crippen LogP contribution is 2.23. The van der Waals surface area contributed by atoms with Crippen LogP contribution in [0.1, 0.15) is 24.4 Å². The molecule has 0 aliphatic carbocycles. The van der Waals surface area contributed by atoms with E-state index in [1.165, 1.54) is 0 Å². The van der Waals surface area contributed by atoms with Crippen LogP contribution in [0.25, 0.3) is 11.0 Å². The first-order valence-corrected chi connectivity index (χ1v) is 7.22. The fraction of sp³-hybridized carbons (Fsp3) is 0.467. The maximum Gasteiger partial charge on any atom is 0.111 e. The summed E-state index contributed by atoms with van der Waals surface area (Å²) in [4.78, 5) is 6.80. The lowest BCUT2D eigenvalue weighted by molar-refractivity contribution is 0.337. The van der Waals surface area contributed by atoms with Gasteiger partial charge in [-0.1, -0.05) is 0 Å². The Morgan fingerprint density at radius 2 is 2.20 bits per heavy atom. The van der Waals surface area contributed by atoms with Gasteiger partial charge in [-0.2, -0.15) is 5.26 Å². The van der Waals surface area contributed by atoms with Crippen LogP contribution in [-0.4, -0.2) is 41.0 Å². The molecule has 0 bridgehead atoms. The van der Waals surface area contributed by atoms with E-state index in [-0.39, 0.29) is 6.04 Å². The highest BCUT2D eigenvalue weighted by molar-refractivity contribution is 6.17. The Bertz CT molecular complexity index is 639. The molecule has 0 radical (unpaired) electrons. The second-order valence-corrected chi connectivity index (χ2v) is 5.64. The maximum absolute atomic E-state index is 9.07. The molecule has 0 saturated carbocycles. The van der Waals surface area contributed by atoms with Crippen LogP contribution in [0.2, 0.25) is 0 Å². The van der Waals surface area contributed by atoms with Crippen molar-refractivity contribution in [1.82, 2.24) is 14.5 Å². The van der Waals surface area contributed by atoms with Gasteiger partial charge in [0.1, 0.15) is 5.82 Å². The van der Waals surface area contributed by atoms with Crippen molar-refractivity contribution in [3.05, 3.63) is 29.6 Å². The summed E-state index contributed by atoms with van der Waals surface area (Å²) in [5.41, 5.74) is 2.60. The standard InChI is InChI=1S/C15H19ClN4/c1-11(10-19(2)3)20-14-8-12(9-17)4-5-13(14)18-15(20)6-7-16/h4-5,8,11H,6-7,10H2,1-3H3. The molecule has 2 aromatic rings. The summed E-state index contributed by atoms with van der Waals surface area (Å²) in [5.74, 6) is 1.53. The van der Waals surface area contributed by atoms with E-state index in [1.807, 2.05) is 12.1 Å². The minimum absolute atomic E-state index is 0.280. The Kier molecular flexibility index (Phi) is 4.64. The van der Waals surface area contributed by atoms with Crippen LogP contribution < -0.4 is 0 Å². The Balaban J connectivity index is 2.57. The zero-order valence-corrected chi connectivity index (χ0v) is 12.9. The molecule has 1 atom stereocenters. The fourth-order valence-electron chi connectivity index (χ4n) is 2.58. The molecule has 0 aliphatic rings. The quantitative estimate of drug-likeness (QED) is 0.796. The zero-order chi connectivity index (χ0) is 14.7.